The predicted molar refractivity (Wildman–Crippen MR) is 48.2 cm³/mol. The van der Waals surface area contributed by atoms with Gasteiger partial charge in [0.15, 0.2) is 0 Å². The first-order valence-corrected chi connectivity index (χ1v) is 4.10. The molecule has 1 aromatic rings. The molecule has 0 fully saturated rings. The molecule has 0 amide bonds. The first kappa shape index (κ1) is 9.07. The molecular weight excluding hydrogens is 152 g/mol. The van der Waals surface area contributed by atoms with E-state index in [-0.39, 0.29) is 6.10 Å². The molecule has 1 aromatic carbocycles. The monoisotopic (exact) mass is 166 g/mol. The summed E-state index contributed by atoms with van der Waals surface area (Å²) in [6, 6.07) is 7.50. The van der Waals surface area contributed by atoms with E-state index in [1.165, 1.54) is 0 Å². The van der Waals surface area contributed by atoms with E-state index in [2.05, 4.69) is 0 Å². The highest BCUT2D eigenvalue weighted by atomic mass is 16.5. The quantitative estimate of drug-likeness (QED) is 0.745. The molecule has 0 aromatic heterocycles. The number of benzene rings is 1. The van der Waals surface area contributed by atoms with Crippen LogP contribution in [0.15, 0.2) is 24.3 Å². The van der Waals surface area contributed by atoms with Crippen LogP contribution in [0, 0.1) is 0 Å². The largest absolute Gasteiger partial charge is 0.497 e. The standard InChI is InChI=1S/C10H14O2/c1-3-10(11)8-5-4-6-9(7-8)12-2/h4-7,10-11H,3H2,1-2H3. The van der Waals surface area contributed by atoms with Crippen LogP contribution >= 0.6 is 0 Å². The smallest absolute Gasteiger partial charge is 0.119 e. The van der Waals surface area contributed by atoms with Crippen molar-refractivity contribution < 1.29 is 9.84 Å². The molecule has 1 rings (SSSR count). The summed E-state index contributed by atoms with van der Waals surface area (Å²) in [4.78, 5) is 0. The summed E-state index contributed by atoms with van der Waals surface area (Å²) in [7, 11) is 1.62. The first-order valence-electron chi connectivity index (χ1n) is 4.10. The molecular formula is C10H14O2. The van der Waals surface area contributed by atoms with Gasteiger partial charge in [-0.2, -0.15) is 0 Å². The van der Waals surface area contributed by atoms with Gasteiger partial charge in [0.05, 0.1) is 13.2 Å². The zero-order valence-corrected chi connectivity index (χ0v) is 7.45. The summed E-state index contributed by atoms with van der Waals surface area (Å²) in [5, 5.41) is 9.49. The molecule has 0 saturated carbocycles. The number of ether oxygens (including phenoxy) is 1. The Labute approximate surface area is 72.8 Å². The van der Waals surface area contributed by atoms with Crippen molar-refractivity contribution >= 4 is 0 Å². The van der Waals surface area contributed by atoms with Crippen LogP contribution in [0.3, 0.4) is 0 Å². The van der Waals surface area contributed by atoms with Crippen molar-refractivity contribution in [2.45, 2.75) is 19.4 Å². The fourth-order valence-corrected chi connectivity index (χ4v) is 1.08. The molecule has 66 valence electrons. The number of methoxy groups -OCH3 is 1. The maximum absolute atomic E-state index is 9.49. The van der Waals surface area contributed by atoms with E-state index in [4.69, 9.17) is 4.74 Å². The zero-order chi connectivity index (χ0) is 8.97. The molecule has 0 bridgehead atoms. The minimum absolute atomic E-state index is 0.375. The lowest BCUT2D eigenvalue weighted by atomic mass is 10.1. The van der Waals surface area contributed by atoms with E-state index >= 15 is 0 Å². The highest BCUT2D eigenvalue weighted by molar-refractivity contribution is 5.29. The molecule has 2 heteroatoms. The van der Waals surface area contributed by atoms with E-state index in [1.807, 2.05) is 31.2 Å². The van der Waals surface area contributed by atoms with Crippen LogP contribution < -0.4 is 4.74 Å². The molecule has 0 spiro atoms. The van der Waals surface area contributed by atoms with Crippen molar-refractivity contribution in [3.63, 3.8) is 0 Å². The number of rotatable bonds is 3. The molecule has 0 radical (unpaired) electrons. The van der Waals surface area contributed by atoms with Gasteiger partial charge in [-0.15, -0.1) is 0 Å². The SMILES string of the molecule is CCC(O)c1cccc(OC)c1. The molecule has 1 N–H and O–H groups in total. The van der Waals surface area contributed by atoms with Crippen LogP contribution in [0.4, 0.5) is 0 Å². The maximum atomic E-state index is 9.49. The first-order chi connectivity index (χ1) is 5.77. The fraction of sp³-hybridized carbons (Fsp3) is 0.400. The van der Waals surface area contributed by atoms with Crippen LogP contribution in [0.1, 0.15) is 25.0 Å². The summed E-state index contributed by atoms with van der Waals surface area (Å²) in [6.07, 6.45) is 0.354. The zero-order valence-electron chi connectivity index (χ0n) is 7.45. The Morgan fingerprint density at radius 1 is 1.50 bits per heavy atom. The number of hydrogen-bond acceptors (Lipinski definition) is 2. The molecule has 0 aliphatic heterocycles. The van der Waals surface area contributed by atoms with Gasteiger partial charge in [0.25, 0.3) is 0 Å². The summed E-state index contributed by atoms with van der Waals surface area (Å²) in [6.45, 7) is 1.95. The minimum atomic E-state index is -0.375. The highest BCUT2D eigenvalue weighted by Crippen LogP contribution is 2.20. The van der Waals surface area contributed by atoms with Crippen LogP contribution in [-0.4, -0.2) is 12.2 Å². The lowest BCUT2D eigenvalue weighted by molar-refractivity contribution is 0.173. The maximum Gasteiger partial charge on any atom is 0.119 e. The summed E-state index contributed by atoms with van der Waals surface area (Å²) >= 11 is 0. The van der Waals surface area contributed by atoms with Crippen molar-refractivity contribution in [1.29, 1.82) is 0 Å². The molecule has 0 aliphatic rings. The second kappa shape index (κ2) is 4.12. The Morgan fingerprint density at radius 2 is 2.25 bits per heavy atom. The Kier molecular flexibility index (Phi) is 3.11. The Morgan fingerprint density at radius 3 is 2.83 bits per heavy atom. The van der Waals surface area contributed by atoms with Crippen molar-refractivity contribution in [2.24, 2.45) is 0 Å². The second-order valence-corrected chi connectivity index (χ2v) is 2.70. The van der Waals surface area contributed by atoms with Gasteiger partial charge in [0, 0.05) is 0 Å². The van der Waals surface area contributed by atoms with Gasteiger partial charge >= 0.3 is 0 Å². The van der Waals surface area contributed by atoms with Crippen molar-refractivity contribution in [3.8, 4) is 5.75 Å². The van der Waals surface area contributed by atoms with Gasteiger partial charge in [-0.1, -0.05) is 19.1 Å². The van der Waals surface area contributed by atoms with Gasteiger partial charge in [-0.05, 0) is 24.1 Å². The highest BCUT2D eigenvalue weighted by Gasteiger charge is 2.04. The van der Waals surface area contributed by atoms with Crippen molar-refractivity contribution in [3.05, 3.63) is 29.8 Å². The van der Waals surface area contributed by atoms with Crippen LogP contribution in [0.2, 0.25) is 0 Å². The average Bonchev–Trinajstić information content (AvgIpc) is 2.17. The lowest BCUT2D eigenvalue weighted by Crippen LogP contribution is -1.95. The van der Waals surface area contributed by atoms with E-state index in [9.17, 15) is 5.11 Å². The summed E-state index contributed by atoms with van der Waals surface area (Å²) in [5.74, 6) is 0.792. The third kappa shape index (κ3) is 1.98. The van der Waals surface area contributed by atoms with E-state index < -0.39 is 0 Å². The van der Waals surface area contributed by atoms with Crippen molar-refractivity contribution in [2.75, 3.05) is 7.11 Å². The Bertz CT molecular complexity index is 245. The topological polar surface area (TPSA) is 29.5 Å². The van der Waals surface area contributed by atoms with Gasteiger partial charge < -0.3 is 9.84 Å². The van der Waals surface area contributed by atoms with Gasteiger partial charge in [0.1, 0.15) is 5.75 Å². The van der Waals surface area contributed by atoms with Gasteiger partial charge in [0.2, 0.25) is 0 Å². The molecule has 2 nitrogen and oxygen atoms in total. The predicted octanol–water partition coefficient (Wildman–Crippen LogP) is 2.14. The van der Waals surface area contributed by atoms with Gasteiger partial charge in [-0.3, -0.25) is 0 Å². The van der Waals surface area contributed by atoms with Gasteiger partial charge in [-0.25, -0.2) is 0 Å². The minimum Gasteiger partial charge on any atom is -0.497 e. The Hall–Kier alpha value is -1.02. The fourth-order valence-electron chi connectivity index (χ4n) is 1.08. The van der Waals surface area contributed by atoms with Crippen LogP contribution in [-0.2, 0) is 0 Å². The molecule has 1 unspecified atom stereocenters. The average molecular weight is 166 g/mol. The van der Waals surface area contributed by atoms with Crippen LogP contribution in [0.5, 0.6) is 5.75 Å². The van der Waals surface area contributed by atoms with E-state index in [1.54, 1.807) is 7.11 Å². The molecule has 1 atom stereocenters. The molecule has 0 heterocycles. The summed E-state index contributed by atoms with van der Waals surface area (Å²) < 4.78 is 5.04. The summed E-state index contributed by atoms with van der Waals surface area (Å²) in [5.41, 5.74) is 0.914. The number of aliphatic hydroxyl groups excluding tert-OH is 1. The van der Waals surface area contributed by atoms with E-state index in [0.717, 1.165) is 17.7 Å². The second-order valence-electron chi connectivity index (χ2n) is 2.70. The Balaban J connectivity index is 2.86. The van der Waals surface area contributed by atoms with Crippen molar-refractivity contribution in [1.82, 2.24) is 0 Å². The molecule has 12 heavy (non-hydrogen) atoms. The third-order valence-corrected chi connectivity index (χ3v) is 1.87. The number of hydrogen-bond donors (Lipinski definition) is 1. The molecule has 0 saturated heterocycles. The molecule has 0 aliphatic carbocycles. The van der Waals surface area contributed by atoms with Crippen LogP contribution in [0.25, 0.3) is 0 Å². The third-order valence-electron chi connectivity index (χ3n) is 1.87. The normalized spacial score (nSPS) is 12.6. The number of aliphatic hydroxyl groups is 1. The van der Waals surface area contributed by atoms with E-state index in [0.29, 0.717) is 0 Å². The lowest BCUT2D eigenvalue weighted by Gasteiger charge is -2.08.